The number of fused-ring (bicyclic) bond motifs is 2. The number of hydrogen-bond acceptors (Lipinski definition) is 8. The molecule has 1 N–H and O–H groups in total. The van der Waals surface area contributed by atoms with Gasteiger partial charge in [-0.1, -0.05) is 30.3 Å². The molecule has 1 heterocycles. The van der Waals surface area contributed by atoms with E-state index in [1.807, 2.05) is 30.3 Å². The lowest BCUT2D eigenvalue weighted by Crippen LogP contribution is -2.48. The highest BCUT2D eigenvalue weighted by Gasteiger charge is 2.41. The Morgan fingerprint density at radius 3 is 2.26 bits per heavy atom. The number of carbonyl (C=O) groups is 5. The molecule has 0 spiro atoms. The number of aromatic carboxylic acids is 1. The van der Waals surface area contributed by atoms with E-state index in [9.17, 15) is 34.3 Å². The summed E-state index contributed by atoms with van der Waals surface area (Å²) in [6.45, 7) is 7.94. The highest BCUT2D eigenvalue weighted by Crippen LogP contribution is 2.39. The standard InChI is InChI=1S/C40H39N5O8/c1-23-34(42-35(46)24(2)43(6)39(51)53-40(3,4)5)37(48)44(22-30-29-11-9-8-10-26(29)17-19-33(30)52-7)31-18-12-25(21-41)20-32(31)45(23)36(47)27-13-15-28(16-14-27)38(49)50/h8-20,23-24H,22H2,1-7H3,(H,49,50)/t23-,24-/m0/s1. The highest BCUT2D eigenvalue weighted by atomic mass is 16.6. The van der Waals surface area contributed by atoms with Gasteiger partial charge in [0, 0.05) is 18.2 Å². The van der Waals surface area contributed by atoms with Crippen LogP contribution in [0.25, 0.3) is 10.8 Å². The lowest BCUT2D eigenvalue weighted by molar-refractivity contribution is -0.122. The van der Waals surface area contributed by atoms with Crippen LogP contribution in [0.2, 0.25) is 0 Å². The zero-order chi connectivity index (χ0) is 38.8. The van der Waals surface area contributed by atoms with Gasteiger partial charge in [-0.15, -0.1) is 0 Å². The average Bonchev–Trinajstić information content (AvgIpc) is 3.21. The summed E-state index contributed by atoms with van der Waals surface area (Å²) < 4.78 is 11.2. The molecule has 0 radical (unpaired) electrons. The highest BCUT2D eigenvalue weighted by molar-refractivity contribution is 6.49. The zero-order valence-corrected chi connectivity index (χ0v) is 30.4. The number of benzene rings is 4. The van der Waals surface area contributed by atoms with Crippen LogP contribution in [0.3, 0.4) is 0 Å². The second-order valence-corrected chi connectivity index (χ2v) is 13.5. The molecule has 1 aliphatic heterocycles. The smallest absolute Gasteiger partial charge is 0.410 e. The van der Waals surface area contributed by atoms with Gasteiger partial charge in [0.15, 0.2) is 0 Å². The van der Waals surface area contributed by atoms with E-state index in [0.29, 0.717) is 11.3 Å². The molecule has 2 atom stereocenters. The molecular weight excluding hydrogens is 678 g/mol. The molecule has 0 saturated carbocycles. The third kappa shape index (κ3) is 7.72. The second-order valence-electron chi connectivity index (χ2n) is 13.5. The first-order valence-corrected chi connectivity index (χ1v) is 16.7. The second kappa shape index (κ2) is 15.0. The molecule has 4 amide bonds. The van der Waals surface area contributed by atoms with E-state index in [0.717, 1.165) is 15.7 Å². The Bertz CT molecular complexity index is 2200. The van der Waals surface area contributed by atoms with Crippen LogP contribution < -0.4 is 14.5 Å². The minimum atomic E-state index is -1.20. The Balaban J connectivity index is 1.72. The van der Waals surface area contributed by atoms with Crippen LogP contribution in [0, 0.1) is 11.3 Å². The monoisotopic (exact) mass is 717 g/mol. The van der Waals surface area contributed by atoms with Crippen LogP contribution >= 0.6 is 0 Å². The number of likely N-dealkylation sites (N-methyl/N-ethyl adjacent to an activating group) is 1. The molecule has 53 heavy (non-hydrogen) atoms. The molecule has 4 aromatic rings. The summed E-state index contributed by atoms with van der Waals surface area (Å²) in [5.74, 6) is -2.91. The lowest BCUT2D eigenvalue weighted by atomic mass is 10.0. The van der Waals surface area contributed by atoms with Gasteiger partial charge in [-0.05, 0) is 93.9 Å². The molecule has 0 aliphatic carbocycles. The minimum absolute atomic E-state index is 0.0426. The van der Waals surface area contributed by atoms with Gasteiger partial charge in [0.05, 0.1) is 48.3 Å². The first-order chi connectivity index (χ1) is 25.1. The molecule has 0 unspecified atom stereocenters. The van der Waals surface area contributed by atoms with Gasteiger partial charge in [0.2, 0.25) is 0 Å². The van der Waals surface area contributed by atoms with E-state index < -0.39 is 47.5 Å². The van der Waals surface area contributed by atoms with Crippen molar-refractivity contribution in [2.75, 3.05) is 24.0 Å². The number of carboxylic acids is 1. The number of nitriles is 1. The molecule has 0 bridgehead atoms. The van der Waals surface area contributed by atoms with E-state index >= 15 is 0 Å². The van der Waals surface area contributed by atoms with Crippen molar-refractivity contribution in [1.29, 1.82) is 5.26 Å². The number of ether oxygens (including phenoxy) is 2. The topological polar surface area (TPSA) is 170 Å². The van der Waals surface area contributed by atoms with Gasteiger partial charge in [-0.25, -0.2) is 14.6 Å². The maximum atomic E-state index is 14.9. The number of rotatable bonds is 7. The van der Waals surface area contributed by atoms with Gasteiger partial charge >= 0.3 is 12.1 Å². The number of carbonyl (C=O) groups excluding carboxylic acids is 4. The van der Waals surface area contributed by atoms with Gasteiger partial charge in [-0.3, -0.25) is 24.2 Å². The summed E-state index contributed by atoms with van der Waals surface area (Å²) in [5.41, 5.74) is 0.116. The van der Waals surface area contributed by atoms with Crippen molar-refractivity contribution in [1.82, 2.24) is 4.90 Å². The maximum absolute atomic E-state index is 14.9. The Kier molecular flexibility index (Phi) is 10.6. The molecule has 1 aliphatic rings. The van der Waals surface area contributed by atoms with Gasteiger partial charge in [0.25, 0.3) is 17.7 Å². The summed E-state index contributed by atoms with van der Waals surface area (Å²) in [4.78, 5) is 75.7. The summed E-state index contributed by atoms with van der Waals surface area (Å²) in [6, 6.07) is 20.7. The molecule has 0 fully saturated rings. The van der Waals surface area contributed by atoms with Gasteiger partial charge in [0.1, 0.15) is 23.1 Å². The van der Waals surface area contributed by atoms with Crippen molar-refractivity contribution < 1.29 is 38.6 Å². The Morgan fingerprint density at radius 1 is 0.981 bits per heavy atom. The van der Waals surface area contributed by atoms with Crippen molar-refractivity contribution in [2.24, 2.45) is 4.99 Å². The Morgan fingerprint density at radius 2 is 1.64 bits per heavy atom. The van der Waals surface area contributed by atoms with E-state index in [4.69, 9.17) is 9.47 Å². The fraction of sp³-hybridized carbons (Fsp3) is 0.275. The summed E-state index contributed by atoms with van der Waals surface area (Å²) in [6.07, 6.45) is -0.776. The predicted molar refractivity (Wildman–Crippen MR) is 198 cm³/mol. The number of anilines is 2. The van der Waals surface area contributed by atoms with Crippen molar-refractivity contribution in [3.8, 4) is 11.8 Å². The van der Waals surface area contributed by atoms with Crippen LogP contribution in [0.1, 0.15) is 66.5 Å². The van der Waals surface area contributed by atoms with Crippen molar-refractivity contribution in [3.05, 3.63) is 101 Å². The predicted octanol–water partition coefficient (Wildman–Crippen LogP) is 6.22. The number of hydrogen-bond donors (Lipinski definition) is 1. The van der Waals surface area contributed by atoms with E-state index in [-0.39, 0.29) is 40.3 Å². The van der Waals surface area contributed by atoms with Crippen LogP contribution in [0.4, 0.5) is 16.2 Å². The van der Waals surface area contributed by atoms with Crippen molar-refractivity contribution >= 4 is 57.6 Å². The summed E-state index contributed by atoms with van der Waals surface area (Å²) in [7, 11) is 2.89. The first-order valence-electron chi connectivity index (χ1n) is 16.7. The fourth-order valence-electron chi connectivity index (χ4n) is 5.95. The number of amides is 4. The van der Waals surface area contributed by atoms with Gasteiger partial charge in [-0.2, -0.15) is 5.26 Å². The molecule has 13 heteroatoms. The molecular formula is C40H39N5O8. The first kappa shape index (κ1) is 37.7. The molecule has 0 saturated heterocycles. The lowest BCUT2D eigenvalue weighted by Gasteiger charge is -2.29. The molecule has 272 valence electrons. The van der Waals surface area contributed by atoms with E-state index in [2.05, 4.69) is 11.1 Å². The number of aliphatic imine (C=N–C) groups is 1. The maximum Gasteiger partial charge on any atom is 0.410 e. The third-order valence-electron chi connectivity index (χ3n) is 8.88. The number of carboxylic acid groups (broad SMARTS) is 1. The van der Waals surface area contributed by atoms with Crippen LogP contribution in [0.15, 0.2) is 83.9 Å². The van der Waals surface area contributed by atoms with Crippen LogP contribution in [-0.4, -0.2) is 77.3 Å². The molecule has 13 nitrogen and oxygen atoms in total. The van der Waals surface area contributed by atoms with E-state index in [1.165, 1.54) is 74.2 Å². The Hall–Kier alpha value is -6.55. The van der Waals surface area contributed by atoms with Crippen molar-refractivity contribution in [3.63, 3.8) is 0 Å². The fourth-order valence-corrected chi connectivity index (χ4v) is 5.95. The van der Waals surface area contributed by atoms with Crippen molar-refractivity contribution in [2.45, 2.75) is 58.8 Å². The molecule has 5 rings (SSSR count). The molecule has 0 aromatic heterocycles. The largest absolute Gasteiger partial charge is 0.496 e. The van der Waals surface area contributed by atoms with Crippen LogP contribution in [0.5, 0.6) is 5.75 Å². The molecule has 4 aromatic carbocycles. The zero-order valence-electron chi connectivity index (χ0n) is 30.4. The quantitative estimate of drug-likeness (QED) is 0.233. The average molecular weight is 718 g/mol. The van der Waals surface area contributed by atoms with Gasteiger partial charge < -0.3 is 19.5 Å². The minimum Gasteiger partial charge on any atom is -0.496 e. The number of nitrogens with zero attached hydrogens (tertiary/aromatic N) is 5. The SMILES string of the molecule is COc1ccc2ccccc2c1CN1C(=O)C(=NC(=O)[C@H](C)N(C)C(=O)OC(C)(C)C)[C@H](C)N(C(=O)c2ccc(C(=O)O)cc2)c2cc(C#N)ccc21. The Labute approximate surface area is 306 Å². The van der Waals surface area contributed by atoms with Crippen LogP contribution in [-0.2, 0) is 20.9 Å². The normalized spacial score (nSPS) is 15.6. The third-order valence-corrected chi connectivity index (χ3v) is 8.88. The summed E-state index contributed by atoms with van der Waals surface area (Å²) >= 11 is 0. The summed E-state index contributed by atoms with van der Waals surface area (Å²) in [5, 5.41) is 21.0. The number of methoxy groups -OCH3 is 1. The van der Waals surface area contributed by atoms with E-state index in [1.54, 1.807) is 32.9 Å².